The van der Waals surface area contributed by atoms with Crippen LogP contribution in [0.5, 0.6) is 0 Å². The average Bonchev–Trinajstić information content (AvgIpc) is 3.06. The predicted octanol–water partition coefficient (Wildman–Crippen LogP) is 3.87. The van der Waals surface area contributed by atoms with Gasteiger partial charge in [0.1, 0.15) is 0 Å². The highest BCUT2D eigenvalue weighted by Gasteiger charge is 2.29. The maximum Gasteiger partial charge on any atom is 0.290 e. The van der Waals surface area contributed by atoms with Crippen molar-refractivity contribution in [3.8, 4) is 0 Å². The van der Waals surface area contributed by atoms with Crippen LogP contribution in [0.15, 0.2) is 51.9 Å². The number of pyridine rings is 1. The summed E-state index contributed by atoms with van der Waals surface area (Å²) < 4.78 is 5.25. The van der Waals surface area contributed by atoms with Crippen LogP contribution in [0.2, 0.25) is 0 Å². The van der Waals surface area contributed by atoms with Crippen molar-refractivity contribution in [3.63, 3.8) is 0 Å². The smallest absolute Gasteiger partial charge is 0.290 e. The normalized spacial score (nSPS) is 11.7. The van der Waals surface area contributed by atoms with Gasteiger partial charge in [-0.2, -0.15) is 0 Å². The number of nitrogens with zero attached hydrogens (tertiary/aromatic N) is 1. The number of rotatable bonds is 3. The summed E-state index contributed by atoms with van der Waals surface area (Å²) in [5.74, 6) is 0.0317. The second kappa shape index (κ2) is 6.24. The number of nitrogens with one attached hydrogen (secondary N) is 1. The molecule has 1 aromatic carbocycles. The minimum Gasteiger partial charge on any atom is -0.459 e. The van der Waals surface area contributed by atoms with Gasteiger partial charge in [0.25, 0.3) is 11.5 Å². The fourth-order valence-electron chi connectivity index (χ4n) is 2.81. The maximum atomic E-state index is 12.8. The lowest BCUT2D eigenvalue weighted by atomic mass is 10.0. The second-order valence-electron chi connectivity index (χ2n) is 7.25. The van der Waals surface area contributed by atoms with E-state index in [1.165, 1.54) is 6.26 Å². The van der Waals surface area contributed by atoms with E-state index in [4.69, 9.17) is 4.42 Å². The monoisotopic (exact) mass is 338 g/mol. The van der Waals surface area contributed by atoms with Gasteiger partial charge in [0.15, 0.2) is 5.76 Å². The molecule has 0 radical (unpaired) electrons. The van der Waals surface area contributed by atoms with Gasteiger partial charge in [-0.3, -0.25) is 9.59 Å². The number of aromatic nitrogens is 1. The maximum absolute atomic E-state index is 12.8. The Kier molecular flexibility index (Phi) is 4.25. The molecule has 0 fully saturated rings. The molecule has 3 aromatic rings. The molecule has 0 aliphatic heterocycles. The third kappa shape index (κ3) is 3.50. The molecule has 0 atom stereocenters. The number of carbonyl (C=O) groups is 1. The summed E-state index contributed by atoms with van der Waals surface area (Å²) in [4.78, 5) is 29.8. The zero-order valence-corrected chi connectivity index (χ0v) is 14.9. The number of hydrogen-bond donors (Lipinski definition) is 1. The van der Waals surface area contributed by atoms with Crippen molar-refractivity contribution in [2.45, 2.75) is 39.8 Å². The quantitative estimate of drug-likeness (QED) is 0.788. The largest absolute Gasteiger partial charge is 0.459 e. The number of aromatic amines is 1. The highest BCUT2D eigenvalue weighted by molar-refractivity contribution is 5.92. The lowest BCUT2D eigenvalue weighted by molar-refractivity contribution is 0.0525. The van der Waals surface area contributed by atoms with Crippen LogP contribution < -0.4 is 5.56 Å². The molecule has 1 amide bonds. The van der Waals surface area contributed by atoms with Crippen LogP contribution in [0.3, 0.4) is 0 Å². The molecule has 0 aliphatic carbocycles. The van der Waals surface area contributed by atoms with Crippen molar-refractivity contribution in [2.75, 3.05) is 0 Å². The topological polar surface area (TPSA) is 66.3 Å². The van der Waals surface area contributed by atoms with Crippen molar-refractivity contribution in [1.29, 1.82) is 0 Å². The Morgan fingerprint density at radius 3 is 2.60 bits per heavy atom. The molecular formula is C20H22N2O3. The molecule has 3 rings (SSSR count). The van der Waals surface area contributed by atoms with Gasteiger partial charge >= 0.3 is 0 Å². The summed E-state index contributed by atoms with van der Waals surface area (Å²) in [7, 11) is 0. The molecule has 0 saturated heterocycles. The van der Waals surface area contributed by atoms with E-state index < -0.39 is 5.54 Å². The fourth-order valence-corrected chi connectivity index (χ4v) is 2.81. The van der Waals surface area contributed by atoms with E-state index in [9.17, 15) is 9.59 Å². The molecule has 2 heterocycles. The highest BCUT2D eigenvalue weighted by atomic mass is 16.3. The van der Waals surface area contributed by atoms with Gasteiger partial charge in [-0.25, -0.2) is 0 Å². The van der Waals surface area contributed by atoms with Gasteiger partial charge < -0.3 is 14.3 Å². The molecule has 0 aliphatic rings. The third-order valence-electron chi connectivity index (χ3n) is 4.19. The molecule has 25 heavy (non-hydrogen) atoms. The first-order chi connectivity index (χ1) is 11.8. The lowest BCUT2D eigenvalue weighted by Gasteiger charge is -2.35. The Bertz CT molecular complexity index is 963. The van der Waals surface area contributed by atoms with Crippen LogP contribution in [-0.2, 0) is 6.54 Å². The molecule has 130 valence electrons. The van der Waals surface area contributed by atoms with E-state index in [1.807, 2.05) is 52.0 Å². The number of benzene rings is 1. The van der Waals surface area contributed by atoms with Crippen LogP contribution >= 0.6 is 0 Å². The molecule has 0 spiro atoms. The summed E-state index contributed by atoms with van der Waals surface area (Å²) >= 11 is 0. The third-order valence-corrected chi connectivity index (χ3v) is 4.19. The van der Waals surface area contributed by atoms with Gasteiger partial charge in [0, 0.05) is 16.6 Å². The summed E-state index contributed by atoms with van der Waals surface area (Å²) in [6.07, 6.45) is 1.47. The first-order valence-electron chi connectivity index (χ1n) is 8.24. The van der Waals surface area contributed by atoms with Gasteiger partial charge in [-0.15, -0.1) is 0 Å². The van der Waals surface area contributed by atoms with Crippen molar-refractivity contribution < 1.29 is 9.21 Å². The molecule has 0 unspecified atom stereocenters. The molecule has 0 bridgehead atoms. The van der Waals surface area contributed by atoms with Crippen LogP contribution in [-0.4, -0.2) is 21.3 Å². The number of amides is 1. The van der Waals surface area contributed by atoms with Crippen LogP contribution in [0.4, 0.5) is 0 Å². The Hall–Kier alpha value is -2.82. The SMILES string of the molecule is Cc1ccc2[nH]c(=O)c(CN(C(=O)c3ccco3)C(C)(C)C)cc2c1. The van der Waals surface area contributed by atoms with Crippen LogP contribution in [0.1, 0.15) is 42.5 Å². The molecule has 5 heteroatoms. The first kappa shape index (κ1) is 17.0. The molecule has 5 nitrogen and oxygen atoms in total. The van der Waals surface area contributed by atoms with E-state index in [0.29, 0.717) is 5.56 Å². The Morgan fingerprint density at radius 2 is 1.96 bits per heavy atom. The Labute approximate surface area is 146 Å². The van der Waals surface area contributed by atoms with Crippen LogP contribution in [0.25, 0.3) is 10.9 Å². The van der Waals surface area contributed by atoms with Crippen molar-refractivity contribution in [2.24, 2.45) is 0 Å². The molecular weight excluding hydrogens is 316 g/mol. The van der Waals surface area contributed by atoms with E-state index in [2.05, 4.69) is 4.98 Å². The number of carbonyl (C=O) groups excluding carboxylic acids is 1. The summed E-state index contributed by atoms with van der Waals surface area (Å²) in [6, 6.07) is 11.0. The van der Waals surface area contributed by atoms with Crippen molar-refractivity contribution in [1.82, 2.24) is 9.88 Å². The highest BCUT2D eigenvalue weighted by Crippen LogP contribution is 2.21. The standard InChI is InChI=1S/C20H22N2O3/c1-13-7-8-16-14(10-13)11-15(18(23)21-16)12-22(20(2,3)4)19(24)17-6-5-9-25-17/h5-11H,12H2,1-4H3,(H,21,23). The predicted molar refractivity (Wildman–Crippen MR) is 97.6 cm³/mol. The summed E-state index contributed by atoms with van der Waals surface area (Å²) in [5.41, 5.74) is 1.81. The number of hydrogen-bond acceptors (Lipinski definition) is 3. The van der Waals surface area contributed by atoms with Crippen LogP contribution in [0, 0.1) is 6.92 Å². The minimum absolute atomic E-state index is 0.183. The second-order valence-corrected chi connectivity index (χ2v) is 7.25. The lowest BCUT2D eigenvalue weighted by Crippen LogP contribution is -2.45. The van der Waals surface area contributed by atoms with E-state index in [1.54, 1.807) is 17.0 Å². The van der Waals surface area contributed by atoms with E-state index >= 15 is 0 Å². The van der Waals surface area contributed by atoms with E-state index in [-0.39, 0.29) is 23.8 Å². The van der Waals surface area contributed by atoms with Gasteiger partial charge in [-0.05, 0) is 63.4 Å². The summed E-state index contributed by atoms with van der Waals surface area (Å²) in [6.45, 7) is 8.03. The number of fused-ring (bicyclic) bond motifs is 1. The molecule has 0 saturated carbocycles. The van der Waals surface area contributed by atoms with E-state index in [0.717, 1.165) is 16.5 Å². The Morgan fingerprint density at radius 1 is 1.20 bits per heavy atom. The first-order valence-corrected chi connectivity index (χ1v) is 8.24. The summed E-state index contributed by atoms with van der Waals surface area (Å²) in [5, 5.41) is 0.953. The van der Waals surface area contributed by atoms with Crippen molar-refractivity contribution >= 4 is 16.8 Å². The van der Waals surface area contributed by atoms with Gasteiger partial charge in [0.05, 0.1) is 12.8 Å². The minimum atomic E-state index is -0.460. The number of furan rings is 1. The van der Waals surface area contributed by atoms with Gasteiger partial charge in [-0.1, -0.05) is 11.6 Å². The number of H-pyrrole nitrogens is 1. The van der Waals surface area contributed by atoms with Gasteiger partial charge in [0.2, 0.25) is 0 Å². The molecule has 2 aromatic heterocycles. The fraction of sp³-hybridized carbons (Fsp3) is 0.300. The molecule has 1 N–H and O–H groups in total. The Balaban J connectivity index is 2.02. The number of aryl methyl sites for hydroxylation is 1. The average molecular weight is 338 g/mol. The zero-order valence-electron chi connectivity index (χ0n) is 14.9. The van der Waals surface area contributed by atoms with Crippen molar-refractivity contribution in [3.05, 3.63) is 69.9 Å². The zero-order chi connectivity index (χ0) is 18.2.